The van der Waals surface area contributed by atoms with Crippen LogP contribution in [0.5, 0.6) is 0 Å². The second-order valence-corrected chi connectivity index (χ2v) is 7.73. The molecule has 0 radical (unpaired) electrons. The number of hydrogen-bond acceptors (Lipinski definition) is 3. The van der Waals surface area contributed by atoms with Crippen LogP contribution in [0.2, 0.25) is 0 Å². The Morgan fingerprint density at radius 3 is 2.58 bits per heavy atom. The van der Waals surface area contributed by atoms with Crippen molar-refractivity contribution >= 4 is 31.6 Å². The molecule has 0 spiro atoms. The average Bonchev–Trinajstić information content (AvgIpc) is 2.31. The van der Waals surface area contributed by atoms with Gasteiger partial charge >= 0.3 is 0 Å². The van der Waals surface area contributed by atoms with E-state index in [4.69, 9.17) is 5.73 Å². The molecule has 6 heteroatoms. The van der Waals surface area contributed by atoms with E-state index in [9.17, 15) is 8.42 Å². The topological polar surface area (TPSA) is 63.4 Å². The molecule has 0 saturated heterocycles. The highest BCUT2D eigenvalue weighted by molar-refractivity contribution is 9.10. The van der Waals surface area contributed by atoms with Gasteiger partial charge in [0.05, 0.1) is 4.90 Å². The van der Waals surface area contributed by atoms with Gasteiger partial charge in [0.1, 0.15) is 0 Å². The molecule has 0 heterocycles. The van der Waals surface area contributed by atoms with Crippen LogP contribution in [0.15, 0.2) is 27.6 Å². The minimum Gasteiger partial charge on any atom is -0.398 e. The van der Waals surface area contributed by atoms with Crippen molar-refractivity contribution in [3.05, 3.63) is 22.7 Å². The van der Waals surface area contributed by atoms with E-state index in [-0.39, 0.29) is 4.90 Å². The van der Waals surface area contributed by atoms with Gasteiger partial charge in [-0.15, -0.1) is 0 Å². The maximum atomic E-state index is 12.6. The molecule has 1 aromatic carbocycles. The van der Waals surface area contributed by atoms with Crippen LogP contribution in [-0.2, 0) is 10.0 Å². The Kier molecular flexibility index (Phi) is 4.53. The van der Waals surface area contributed by atoms with E-state index in [1.807, 2.05) is 6.92 Å². The van der Waals surface area contributed by atoms with Crippen LogP contribution >= 0.6 is 15.9 Å². The zero-order valence-corrected chi connectivity index (χ0v) is 13.4. The number of hydrogen-bond donors (Lipinski definition) is 1. The molecule has 2 N–H and O–H groups in total. The second kappa shape index (κ2) is 5.81. The summed E-state index contributed by atoms with van der Waals surface area (Å²) in [5.74, 6) is 0.516. The van der Waals surface area contributed by atoms with Crippen molar-refractivity contribution in [1.29, 1.82) is 0 Å². The first-order valence-corrected chi connectivity index (χ1v) is 8.73. The van der Waals surface area contributed by atoms with Crippen LogP contribution in [0.3, 0.4) is 0 Å². The summed E-state index contributed by atoms with van der Waals surface area (Å²) in [6.07, 6.45) is 3.48. The van der Waals surface area contributed by atoms with E-state index in [1.165, 1.54) is 12.5 Å². The zero-order chi connectivity index (χ0) is 14.0. The third-order valence-electron chi connectivity index (χ3n) is 3.64. The van der Waals surface area contributed by atoms with E-state index in [2.05, 4.69) is 15.9 Å². The molecule has 0 aromatic heterocycles. The van der Waals surface area contributed by atoms with Gasteiger partial charge in [0.2, 0.25) is 10.0 Å². The molecule has 0 bridgehead atoms. The Labute approximate surface area is 123 Å². The summed E-state index contributed by atoms with van der Waals surface area (Å²) in [6.45, 7) is 2.99. The number of anilines is 1. The van der Waals surface area contributed by atoms with Crippen molar-refractivity contribution in [2.75, 3.05) is 18.8 Å². The first-order valence-electron chi connectivity index (χ1n) is 6.50. The zero-order valence-electron chi connectivity index (χ0n) is 11.0. The summed E-state index contributed by atoms with van der Waals surface area (Å²) < 4.78 is 27.4. The number of nitrogens with two attached hydrogens (primary N) is 1. The lowest BCUT2D eigenvalue weighted by atomic mass is 9.85. The van der Waals surface area contributed by atoms with E-state index in [0.29, 0.717) is 29.2 Å². The van der Waals surface area contributed by atoms with Gasteiger partial charge in [-0.3, -0.25) is 0 Å². The van der Waals surface area contributed by atoms with Crippen molar-refractivity contribution in [3.8, 4) is 0 Å². The van der Waals surface area contributed by atoms with Gasteiger partial charge in [0.25, 0.3) is 0 Å². The molecule has 0 unspecified atom stereocenters. The van der Waals surface area contributed by atoms with Gasteiger partial charge in [-0.25, -0.2) is 8.42 Å². The van der Waals surface area contributed by atoms with E-state index in [1.54, 1.807) is 16.4 Å². The summed E-state index contributed by atoms with van der Waals surface area (Å²) in [5.41, 5.74) is 6.21. The Balaban J connectivity index is 2.25. The predicted octanol–water partition coefficient (Wildman–Crippen LogP) is 2.84. The maximum absolute atomic E-state index is 12.6. The van der Waals surface area contributed by atoms with E-state index in [0.717, 1.165) is 12.8 Å². The summed E-state index contributed by atoms with van der Waals surface area (Å²) in [5, 5.41) is 0. The molecular formula is C13H19BrN2O2S. The number of halogens is 1. The number of nitrogen functional groups attached to an aromatic ring is 1. The van der Waals surface area contributed by atoms with Gasteiger partial charge < -0.3 is 5.73 Å². The lowest BCUT2D eigenvalue weighted by Gasteiger charge is -2.31. The van der Waals surface area contributed by atoms with Crippen LogP contribution < -0.4 is 5.73 Å². The third-order valence-corrected chi connectivity index (χ3v) is 6.30. The Hall–Kier alpha value is -0.590. The highest BCUT2D eigenvalue weighted by Gasteiger charge is 2.28. The Morgan fingerprint density at radius 1 is 1.42 bits per heavy atom. The number of rotatable bonds is 5. The van der Waals surface area contributed by atoms with Crippen molar-refractivity contribution in [2.45, 2.75) is 31.1 Å². The van der Waals surface area contributed by atoms with Crippen molar-refractivity contribution < 1.29 is 8.42 Å². The highest BCUT2D eigenvalue weighted by Crippen LogP contribution is 2.30. The van der Waals surface area contributed by atoms with Crippen LogP contribution in [0.25, 0.3) is 0 Å². The molecule has 2 rings (SSSR count). The lowest BCUT2D eigenvalue weighted by Crippen LogP contribution is -2.37. The molecular weight excluding hydrogens is 328 g/mol. The Morgan fingerprint density at radius 2 is 2.11 bits per heavy atom. The molecule has 1 aliphatic carbocycles. The monoisotopic (exact) mass is 346 g/mol. The molecule has 0 aliphatic heterocycles. The minimum absolute atomic E-state index is 0.273. The Bertz CT molecular complexity index is 556. The van der Waals surface area contributed by atoms with Crippen LogP contribution in [0.4, 0.5) is 5.69 Å². The SMILES string of the molecule is CCN(CC1CCC1)S(=O)(=O)c1ccc(Br)c(N)c1. The predicted molar refractivity (Wildman–Crippen MR) is 80.3 cm³/mol. The average molecular weight is 347 g/mol. The molecule has 0 amide bonds. The molecule has 4 nitrogen and oxygen atoms in total. The highest BCUT2D eigenvalue weighted by atomic mass is 79.9. The molecule has 1 saturated carbocycles. The fraction of sp³-hybridized carbons (Fsp3) is 0.538. The van der Waals surface area contributed by atoms with Crippen molar-refractivity contribution in [1.82, 2.24) is 4.31 Å². The number of sulfonamides is 1. The fourth-order valence-electron chi connectivity index (χ4n) is 2.19. The molecule has 1 aromatic rings. The minimum atomic E-state index is -3.43. The molecule has 1 aliphatic rings. The summed E-state index contributed by atoms with van der Waals surface area (Å²) in [4.78, 5) is 0.273. The van der Waals surface area contributed by atoms with Crippen LogP contribution in [-0.4, -0.2) is 25.8 Å². The van der Waals surface area contributed by atoms with Crippen molar-refractivity contribution in [3.63, 3.8) is 0 Å². The largest absolute Gasteiger partial charge is 0.398 e. The van der Waals surface area contributed by atoms with E-state index < -0.39 is 10.0 Å². The van der Waals surface area contributed by atoms with Crippen molar-refractivity contribution in [2.24, 2.45) is 5.92 Å². The van der Waals surface area contributed by atoms with Gasteiger partial charge in [-0.1, -0.05) is 13.3 Å². The number of benzene rings is 1. The van der Waals surface area contributed by atoms with Gasteiger partial charge in [0, 0.05) is 23.2 Å². The van der Waals surface area contributed by atoms with Gasteiger partial charge in [0.15, 0.2) is 0 Å². The normalized spacial score (nSPS) is 16.6. The fourth-order valence-corrected chi connectivity index (χ4v) is 4.00. The smallest absolute Gasteiger partial charge is 0.243 e. The summed E-state index contributed by atoms with van der Waals surface area (Å²) >= 11 is 3.28. The molecule has 0 atom stereocenters. The quantitative estimate of drug-likeness (QED) is 0.833. The molecule has 1 fully saturated rings. The first kappa shape index (κ1) is 14.8. The summed E-state index contributed by atoms with van der Waals surface area (Å²) in [6, 6.07) is 4.79. The van der Waals surface area contributed by atoms with Crippen LogP contribution in [0.1, 0.15) is 26.2 Å². The second-order valence-electron chi connectivity index (χ2n) is 4.94. The third kappa shape index (κ3) is 3.12. The summed E-state index contributed by atoms with van der Waals surface area (Å²) in [7, 11) is -3.43. The standard InChI is InChI=1S/C13H19BrN2O2S/c1-2-16(9-10-4-3-5-10)19(17,18)11-6-7-12(14)13(15)8-11/h6-8,10H,2-5,9,15H2,1H3. The number of nitrogens with zero attached hydrogens (tertiary/aromatic N) is 1. The first-order chi connectivity index (χ1) is 8.95. The molecule has 19 heavy (non-hydrogen) atoms. The molecule has 106 valence electrons. The van der Waals surface area contributed by atoms with E-state index >= 15 is 0 Å². The van der Waals surface area contributed by atoms with Crippen LogP contribution in [0, 0.1) is 5.92 Å². The van der Waals surface area contributed by atoms with Gasteiger partial charge in [-0.2, -0.15) is 4.31 Å². The lowest BCUT2D eigenvalue weighted by molar-refractivity contribution is 0.250. The van der Waals surface area contributed by atoms with Gasteiger partial charge in [-0.05, 0) is 52.9 Å². The maximum Gasteiger partial charge on any atom is 0.243 e.